The first-order valence-corrected chi connectivity index (χ1v) is 33.7. The van der Waals surface area contributed by atoms with Gasteiger partial charge in [-0.15, -0.1) is 0 Å². The lowest BCUT2D eigenvalue weighted by Gasteiger charge is -2.43. The van der Waals surface area contributed by atoms with Crippen molar-refractivity contribution in [1.82, 2.24) is 50.4 Å². The van der Waals surface area contributed by atoms with Gasteiger partial charge in [0.05, 0.1) is 69.5 Å². The Morgan fingerprint density at radius 3 is 2.08 bits per heavy atom. The number of hydrogen-bond donors (Lipinski definition) is 6. The van der Waals surface area contributed by atoms with Crippen molar-refractivity contribution in [2.75, 3.05) is 106 Å². The van der Waals surface area contributed by atoms with E-state index >= 15 is 4.39 Å². The van der Waals surface area contributed by atoms with Crippen molar-refractivity contribution in [2.45, 2.75) is 128 Å². The van der Waals surface area contributed by atoms with Crippen molar-refractivity contribution in [2.24, 2.45) is 0 Å². The van der Waals surface area contributed by atoms with E-state index in [1.54, 1.807) is 30.5 Å². The topological polar surface area (TPSA) is 353 Å². The van der Waals surface area contributed by atoms with E-state index in [0.717, 1.165) is 76.7 Å². The van der Waals surface area contributed by atoms with Crippen LogP contribution in [-0.2, 0) is 98.8 Å². The number of aromatic nitrogens is 2. The highest BCUT2D eigenvalue weighted by Crippen LogP contribution is 2.42. The van der Waals surface area contributed by atoms with Gasteiger partial charge in [0.2, 0.25) is 35.4 Å². The predicted octanol–water partition coefficient (Wildman–Crippen LogP) is 1.70. The molecule has 30 heteroatoms. The molecule has 0 unspecified atom stereocenters. The lowest BCUT2D eigenvalue weighted by molar-refractivity contribution is -0.929. The molecule has 5 aliphatic heterocycles. The number of nitrogens with zero attached hydrogens (tertiary/aromatic N) is 7. The number of quaternary nitrogens is 1. The van der Waals surface area contributed by atoms with Gasteiger partial charge in [-0.3, -0.25) is 67.4 Å². The van der Waals surface area contributed by atoms with Gasteiger partial charge in [0.15, 0.2) is 17.2 Å². The number of hydrogen-bond acceptors (Lipinski definition) is 19. The van der Waals surface area contributed by atoms with Crippen LogP contribution >= 0.6 is 0 Å². The number of imide groups is 2. The summed E-state index contributed by atoms with van der Waals surface area (Å²) in [6.07, 6.45) is 6.38. The average Bonchev–Trinajstić information content (AvgIpc) is 1.50. The number of benzene rings is 2. The number of cyclic esters (lactones) is 1. The maximum atomic E-state index is 15.4. The maximum Gasteiger partial charge on any atom is 0.343 e. The van der Waals surface area contributed by atoms with Gasteiger partial charge < -0.3 is 64.6 Å². The number of piperidine rings is 1. The normalized spacial score (nSPS) is 17.2. The van der Waals surface area contributed by atoms with Crippen LogP contribution in [0.3, 0.4) is 0 Å². The number of carbonyl (C=O) groups is 11. The van der Waals surface area contributed by atoms with Gasteiger partial charge in [0.1, 0.15) is 31.8 Å². The van der Waals surface area contributed by atoms with Gasteiger partial charge in [0.25, 0.3) is 29.2 Å². The molecule has 29 nitrogen and oxygen atoms in total. The fourth-order valence-electron chi connectivity index (χ4n) is 13.1. The van der Waals surface area contributed by atoms with E-state index < -0.39 is 82.6 Å². The third-order valence-electron chi connectivity index (χ3n) is 18.9. The van der Waals surface area contributed by atoms with Crippen LogP contribution in [0.2, 0.25) is 0 Å². The molecule has 1 saturated heterocycles. The first kappa shape index (κ1) is 74.6. The molecule has 1 fully saturated rings. The summed E-state index contributed by atoms with van der Waals surface area (Å²) < 4.78 is 38.5. The molecule has 0 spiro atoms. The number of carbonyl (C=O) groups excluding carboxylic acids is 11. The molecule has 0 aliphatic carbocycles. The summed E-state index contributed by atoms with van der Waals surface area (Å²) >= 11 is 0. The van der Waals surface area contributed by atoms with Gasteiger partial charge in [-0.2, -0.15) is 0 Å². The summed E-state index contributed by atoms with van der Waals surface area (Å²) in [6.45, 7) is 5.78. The monoisotopic (exact) mass is 1390 g/mol. The molecule has 2 aromatic carbocycles. The molecule has 4 aromatic rings. The summed E-state index contributed by atoms with van der Waals surface area (Å²) in [5, 5.41) is 25.9. The molecule has 7 heterocycles. The van der Waals surface area contributed by atoms with Crippen molar-refractivity contribution < 1.29 is 85.7 Å². The second-order valence-electron chi connectivity index (χ2n) is 26.1. The van der Waals surface area contributed by atoms with E-state index in [4.69, 9.17) is 23.9 Å². The summed E-state index contributed by atoms with van der Waals surface area (Å²) in [6, 6.07) is 10.4. The number of amides is 10. The molecule has 2 aromatic heterocycles. The minimum absolute atomic E-state index is 0.00418. The molecule has 3 atom stereocenters. The Bertz CT molecular complexity index is 3860. The van der Waals surface area contributed by atoms with Crippen molar-refractivity contribution in [3.63, 3.8) is 0 Å². The van der Waals surface area contributed by atoms with Crippen LogP contribution in [0, 0.1) is 5.82 Å². The van der Waals surface area contributed by atoms with Crippen LogP contribution in [0.1, 0.15) is 106 Å². The standard InChI is InChI=1S/C70H87FN12O17/c1-7-70(96)51-36-55-65-49(39-82(55)68(94)50(51)41-100-69(70)95)48(47-35-56(98-6)52(71)37-54(47)77-65)38-78-27-23-46(24-28-78)83(3,4)40-44-13-15-45(16-14-44)75-66(92)43(2)74-57(84)12-10-26-73-67(93)53(11-8-9-25-72-59(86)42-99-34-33-97-5)76-58(85)17-18-60(87)79(29-31-80-61(88)19-20-62(80)89)30-32-81-63(90)21-22-64(81)91/h13-16,19-22,35-37,43,46,53,96H,7-12,17-18,23-34,38-42H2,1-6H3,(H4-,72,73,74,75,76,84,85,86,92,93)/p+1/t43-,53-,70-/m0/s1. The van der Waals surface area contributed by atoms with Gasteiger partial charge in [-0.05, 0) is 68.9 Å². The highest BCUT2D eigenvalue weighted by Gasteiger charge is 2.46. The van der Waals surface area contributed by atoms with E-state index in [-0.39, 0.29) is 139 Å². The molecule has 5 aliphatic rings. The smallest absolute Gasteiger partial charge is 0.343 e. The maximum absolute atomic E-state index is 15.4. The second-order valence-corrected chi connectivity index (χ2v) is 26.1. The molecular formula is C70H88FN12O17+. The Labute approximate surface area is 577 Å². The summed E-state index contributed by atoms with van der Waals surface area (Å²) in [5.74, 6) is -6.69. The van der Waals surface area contributed by atoms with E-state index in [2.05, 4.69) is 45.6 Å². The Morgan fingerprint density at radius 2 is 1.44 bits per heavy atom. The molecule has 10 amide bonds. The summed E-state index contributed by atoms with van der Waals surface area (Å²) in [5.41, 5.74) is 2.56. The van der Waals surface area contributed by atoms with Gasteiger partial charge >= 0.3 is 5.97 Å². The largest absolute Gasteiger partial charge is 0.494 e. The number of pyridine rings is 2. The number of nitrogens with one attached hydrogen (secondary N) is 5. The zero-order chi connectivity index (χ0) is 72.0. The number of methoxy groups -OCH3 is 2. The minimum atomic E-state index is -2.00. The molecule has 6 N–H and O–H groups in total. The number of fused-ring (bicyclic) bond motifs is 5. The van der Waals surface area contributed by atoms with E-state index in [1.807, 2.05) is 24.3 Å². The van der Waals surface area contributed by atoms with Crippen LogP contribution in [0.5, 0.6) is 5.75 Å². The molecule has 0 saturated carbocycles. The molecule has 536 valence electrons. The Balaban J connectivity index is 0.729. The van der Waals surface area contributed by atoms with Crippen LogP contribution < -0.4 is 36.9 Å². The van der Waals surface area contributed by atoms with E-state index in [9.17, 15) is 62.6 Å². The number of likely N-dealkylation sites (tertiary alicyclic amines) is 1. The molecule has 9 rings (SSSR count). The van der Waals surface area contributed by atoms with Crippen LogP contribution in [-0.4, -0.2) is 222 Å². The van der Waals surface area contributed by atoms with Gasteiger partial charge in [-0.25, -0.2) is 14.2 Å². The number of halogens is 1. The molecular weight excluding hydrogens is 1300 g/mol. The lowest BCUT2D eigenvalue weighted by Crippen LogP contribution is -2.53. The zero-order valence-corrected chi connectivity index (χ0v) is 57.2. The Hall–Kier alpha value is -9.62. The SMILES string of the molecule is CC[C@@]1(O)C(=O)OCc2c1cc1n(c2=O)Cc2c-1nc1cc(F)c(OC)cc1c2CN1CCC([N+](C)(C)Cc2ccc(NC(=O)[C@H](C)NC(=O)CCCNC(=O)[C@H](CCCCNC(=O)COCCOC)NC(=O)CCC(=O)N(CCN3C(=O)C=CC3=O)CCN3C(=O)C=CC3=O)cc2)CC1. The first-order valence-electron chi connectivity index (χ1n) is 33.7. The van der Waals surface area contributed by atoms with Gasteiger partial charge in [0, 0.05) is 156 Å². The third kappa shape index (κ3) is 18.0. The lowest BCUT2D eigenvalue weighted by atomic mass is 9.86. The fourth-order valence-corrected chi connectivity index (χ4v) is 13.1. The number of anilines is 1. The van der Waals surface area contributed by atoms with E-state index in [0.29, 0.717) is 65.0 Å². The number of rotatable bonds is 35. The fraction of sp³-hybridized carbons (Fsp3) is 0.500. The second kappa shape index (κ2) is 33.5. The van der Waals surface area contributed by atoms with Crippen molar-refractivity contribution in [3.05, 3.63) is 111 Å². The molecule has 0 radical (unpaired) electrons. The number of unbranched alkanes of at least 4 members (excludes halogenated alkanes) is 1. The quantitative estimate of drug-likeness (QED) is 0.0145. The highest BCUT2D eigenvalue weighted by atomic mass is 19.1. The Kier molecular flexibility index (Phi) is 25.0. The van der Waals surface area contributed by atoms with Crippen molar-refractivity contribution in [1.29, 1.82) is 0 Å². The summed E-state index contributed by atoms with van der Waals surface area (Å²) in [7, 11) is 7.29. The van der Waals surface area contributed by atoms with Gasteiger partial charge in [-0.1, -0.05) is 19.1 Å². The Morgan fingerprint density at radius 1 is 0.790 bits per heavy atom. The average molecular weight is 1390 g/mol. The minimum Gasteiger partial charge on any atom is -0.494 e. The van der Waals surface area contributed by atoms with Crippen molar-refractivity contribution in [3.8, 4) is 17.1 Å². The van der Waals surface area contributed by atoms with Crippen molar-refractivity contribution >= 4 is 81.6 Å². The number of esters is 1. The van der Waals surface area contributed by atoms with Crippen LogP contribution in [0.4, 0.5) is 10.1 Å². The highest BCUT2D eigenvalue weighted by molar-refractivity contribution is 6.13. The van der Waals surface area contributed by atoms with Crippen LogP contribution in [0.15, 0.2) is 71.6 Å². The molecule has 0 bridgehead atoms. The van der Waals surface area contributed by atoms with Crippen LogP contribution in [0.25, 0.3) is 22.3 Å². The third-order valence-corrected chi connectivity index (χ3v) is 18.9. The molecule has 100 heavy (non-hydrogen) atoms. The predicted molar refractivity (Wildman–Crippen MR) is 359 cm³/mol. The summed E-state index contributed by atoms with van der Waals surface area (Å²) in [4.78, 5) is 166. The number of ether oxygens (including phenoxy) is 4. The number of aliphatic hydroxyl groups is 1. The van der Waals surface area contributed by atoms with E-state index in [1.165, 1.54) is 25.2 Å². The first-order chi connectivity index (χ1) is 47.8. The zero-order valence-electron chi connectivity index (χ0n) is 57.2.